The number of hydrogen-bond acceptors (Lipinski definition) is 2. The summed E-state index contributed by atoms with van der Waals surface area (Å²) in [5.41, 5.74) is 2.41. The van der Waals surface area contributed by atoms with E-state index in [0.717, 1.165) is 60.4 Å². The zero-order chi connectivity index (χ0) is 20.1. The smallest absolute Gasteiger partial charge is 0.155 e. The van der Waals surface area contributed by atoms with Crippen molar-refractivity contribution < 1.29 is 4.79 Å². The van der Waals surface area contributed by atoms with Crippen molar-refractivity contribution in [3.8, 4) is 0 Å². The normalized spacial score (nSPS) is 56.7. The predicted molar refractivity (Wildman–Crippen MR) is 117 cm³/mol. The lowest BCUT2D eigenvalue weighted by atomic mass is 9.46. The molecule has 2 saturated heterocycles. The molecule has 0 bridgehead atoms. The van der Waals surface area contributed by atoms with Gasteiger partial charge in [0, 0.05) is 25.0 Å². The summed E-state index contributed by atoms with van der Waals surface area (Å²) < 4.78 is 0. The van der Waals surface area contributed by atoms with Crippen LogP contribution in [-0.2, 0) is 4.79 Å². The Bertz CT molecular complexity index is 756. The van der Waals surface area contributed by atoms with Crippen LogP contribution in [-0.4, -0.2) is 29.3 Å². The van der Waals surface area contributed by atoms with Gasteiger partial charge in [-0.15, -0.1) is 0 Å². The van der Waals surface area contributed by atoms with Gasteiger partial charge in [0.05, 0.1) is 0 Å². The van der Waals surface area contributed by atoms with Gasteiger partial charge in [-0.25, -0.2) is 0 Å². The average molecular weight is 396 g/mol. The van der Waals surface area contributed by atoms with E-state index < -0.39 is 0 Å². The van der Waals surface area contributed by atoms with Crippen molar-refractivity contribution in [3.05, 3.63) is 11.6 Å². The highest BCUT2D eigenvalue weighted by molar-refractivity contribution is 5.91. The summed E-state index contributed by atoms with van der Waals surface area (Å²) in [4.78, 5) is 15.1. The molecule has 160 valence electrons. The van der Waals surface area contributed by atoms with E-state index in [1.54, 1.807) is 0 Å². The van der Waals surface area contributed by atoms with E-state index in [4.69, 9.17) is 0 Å². The Morgan fingerprint density at radius 1 is 0.966 bits per heavy atom. The molecule has 6 rings (SSSR count). The highest BCUT2D eigenvalue weighted by atomic mass is 16.1. The van der Waals surface area contributed by atoms with Crippen LogP contribution >= 0.6 is 0 Å². The van der Waals surface area contributed by atoms with Gasteiger partial charge >= 0.3 is 0 Å². The summed E-state index contributed by atoms with van der Waals surface area (Å²) in [6.07, 6.45) is 13.8. The molecular formula is C27H41NO. The lowest BCUT2D eigenvalue weighted by molar-refractivity contribution is -0.117. The third-order valence-electron chi connectivity index (χ3n) is 11.6. The van der Waals surface area contributed by atoms with Crippen LogP contribution in [0.5, 0.6) is 0 Å². The number of hydrogen-bond donors (Lipinski definition) is 0. The molecule has 29 heavy (non-hydrogen) atoms. The molecule has 0 aromatic carbocycles. The Balaban J connectivity index is 1.33. The largest absolute Gasteiger partial charge is 0.297 e. The summed E-state index contributed by atoms with van der Waals surface area (Å²) in [5, 5.41) is 0. The van der Waals surface area contributed by atoms with E-state index in [2.05, 4.69) is 38.7 Å². The fourth-order valence-corrected chi connectivity index (χ4v) is 10.3. The average Bonchev–Trinajstić information content (AvgIpc) is 3.15. The summed E-state index contributed by atoms with van der Waals surface area (Å²) >= 11 is 0. The van der Waals surface area contributed by atoms with Gasteiger partial charge in [0.2, 0.25) is 0 Å². The van der Waals surface area contributed by atoms with Crippen LogP contribution in [0.25, 0.3) is 0 Å². The molecular weight excluding hydrogens is 354 g/mol. The summed E-state index contributed by atoms with van der Waals surface area (Å²) in [7, 11) is 0. The van der Waals surface area contributed by atoms with Crippen molar-refractivity contribution in [2.75, 3.05) is 6.54 Å². The molecule has 2 nitrogen and oxygen atoms in total. The Morgan fingerprint density at radius 2 is 1.79 bits per heavy atom. The molecule has 0 amide bonds. The number of allylic oxidation sites excluding steroid dienone is 1. The first-order chi connectivity index (χ1) is 13.8. The van der Waals surface area contributed by atoms with E-state index in [1.165, 1.54) is 57.1 Å². The Labute approximate surface area is 177 Å². The Morgan fingerprint density at radius 3 is 2.62 bits per heavy atom. The minimum absolute atomic E-state index is 0.323. The topological polar surface area (TPSA) is 20.3 Å². The molecule has 10 atom stereocenters. The van der Waals surface area contributed by atoms with Gasteiger partial charge in [0.1, 0.15) is 0 Å². The minimum atomic E-state index is 0.323. The fourth-order valence-electron chi connectivity index (χ4n) is 10.3. The van der Waals surface area contributed by atoms with Crippen molar-refractivity contribution >= 4 is 5.78 Å². The van der Waals surface area contributed by atoms with Gasteiger partial charge in [-0.05, 0) is 104 Å². The molecule has 0 aromatic rings. The fraction of sp³-hybridized carbons (Fsp3) is 0.889. The molecule has 0 unspecified atom stereocenters. The van der Waals surface area contributed by atoms with Crippen molar-refractivity contribution in [1.82, 2.24) is 4.90 Å². The van der Waals surface area contributed by atoms with Crippen molar-refractivity contribution in [2.24, 2.45) is 46.3 Å². The van der Waals surface area contributed by atoms with Gasteiger partial charge in [-0.1, -0.05) is 33.3 Å². The van der Waals surface area contributed by atoms with E-state index >= 15 is 0 Å². The Kier molecular flexibility index (Phi) is 4.09. The zero-order valence-electron chi connectivity index (χ0n) is 19.1. The second-order valence-corrected chi connectivity index (χ2v) is 12.6. The van der Waals surface area contributed by atoms with Crippen molar-refractivity contribution in [3.63, 3.8) is 0 Å². The van der Waals surface area contributed by atoms with Crippen LogP contribution in [0, 0.1) is 46.3 Å². The van der Waals surface area contributed by atoms with E-state index in [9.17, 15) is 4.79 Å². The number of piperidine rings is 1. The van der Waals surface area contributed by atoms with E-state index in [0.29, 0.717) is 16.6 Å². The molecule has 0 N–H and O–H groups in total. The number of rotatable bonds is 0. The molecule has 0 spiro atoms. The standard InChI is InChI=1S/C27H41NO/c1-16-5-8-23-17(2)25-24(28(23)15-16)14-22-20-7-6-18-13-19(29)9-11-26(18,3)21(20)10-12-27(22,25)4/h13,16-17,20-25H,5-12,14-15H2,1-4H3/t16-,17+,20+,21-,22-,23-,24-,25-,26+,27+/m1/s1. The van der Waals surface area contributed by atoms with Crippen LogP contribution in [0.15, 0.2) is 11.6 Å². The van der Waals surface area contributed by atoms with Crippen LogP contribution in [0.4, 0.5) is 0 Å². The second-order valence-electron chi connectivity index (χ2n) is 12.6. The molecule has 0 aromatic heterocycles. The van der Waals surface area contributed by atoms with Crippen LogP contribution in [0.1, 0.15) is 85.5 Å². The van der Waals surface area contributed by atoms with Gasteiger partial charge < -0.3 is 0 Å². The maximum absolute atomic E-state index is 12.1. The van der Waals surface area contributed by atoms with Crippen LogP contribution < -0.4 is 0 Å². The quantitative estimate of drug-likeness (QED) is 0.512. The first-order valence-corrected chi connectivity index (χ1v) is 12.8. The van der Waals surface area contributed by atoms with Crippen LogP contribution in [0.3, 0.4) is 0 Å². The predicted octanol–water partition coefficient (Wildman–Crippen LogP) is 5.86. The molecule has 2 heteroatoms. The monoisotopic (exact) mass is 395 g/mol. The second kappa shape index (κ2) is 6.21. The van der Waals surface area contributed by atoms with Crippen molar-refractivity contribution in [1.29, 1.82) is 0 Å². The molecule has 6 aliphatic rings. The summed E-state index contributed by atoms with van der Waals surface area (Å²) in [5.74, 6) is 5.77. The zero-order valence-corrected chi connectivity index (χ0v) is 19.1. The minimum Gasteiger partial charge on any atom is -0.297 e. The number of fused-ring (bicyclic) bond motifs is 9. The molecule has 2 heterocycles. The highest BCUT2D eigenvalue weighted by Crippen LogP contribution is 2.70. The molecule has 2 aliphatic heterocycles. The van der Waals surface area contributed by atoms with Gasteiger partial charge in [0.25, 0.3) is 0 Å². The number of carbonyl (C=O) groups is 1. The van der Waals surface area contributed by atoms with Gasteiger partial charge in [0.15, 0.2) is 5.78 Å². The summed E-state index contributed by atoms with van der Waals surface area (Å²) in [6, 6.07) is 1.74. The highest BCUT2D eigenvalue weighted by Gasteiger charge is 2.66. The lowest BCUT2D eigenvalue weighted by Gasteiger charge is -2.58. The van der Waals surface area contributed by atoms with E-state index in [-0.39, 0.29) is 0 Å². The first-order valence-electron chi connectivity index (χ1n) is 12.8. The molecule has 5 fully saturated rings. The first kappa shape index (κ1) is 19.1. The van der Waals surface area contributed by atoms with Crippen LogP contribution in [0.2, 0.25) is 0 Å². The lowest BCUT2D eigenvalue weighted by Crippen LogP contribution is -2.51. The molecule has 4 aliphatic carbocycles. The Hall–Kier alpha value is -0.630. The van der Waals surface area contributed by atoms with Gasteiger partial charge in [-0.2, -0.15) is 0 Å². The number of nitrogens with zero attached hydrogens (tertiary/aromatic N) is 1. The number of carbonyl (C=O) groups excluding carboxylic acids is 1. The third kappa shape index (κ3) is 2.42. The maximum Gasteiger partial charge on any atom is 0.155 e. The molecule has 3 saturated carbocycles. The SMILES string of the molecule is C[C@@H]1CC[C@@H]2[C@H](C)[C@@H]3[C@@H](C[C@@H]4[C@H]5CCC6=CC(=O)CC[C@]6(C)[C@@H]5CC[C@]34C)N2C1. The molecule has 0 radical (unpaired) electrons. The summed E-state index contributed by atoms with van der Waals surface area (Å²) in [6.45, 7) is 11.7. The third-order valence-corrected chi connectivity index (χ3v) is 11.6. The number of ketones is 1. The van der Waals surface area contributed by atoms with Crippen molar-refractivity contribution in [2.45, 2.75) is 97.6 Å². The maximum atomic E-state index is 12.1. The van der Waals surface area contributed by atoms with E-state index in [1.807, 2.05) is 0 Å². The van der Waals surface area contributed by atoms with Gasteiger partial charge in [-0.3, -0.25) is 9.69 Å².